The molecule has 5 N–H and O–H groups in total. The zero-order chi connectivity index (χ0) is 25.2. The average Bonchev–Trinajstić information content (AvgIpc) is 3.51. The number of aliphatic hydroxyl groups excluding tert-OH is 2. The van der Waals surface area contributed by atoms with E-state index in [2.05, 4.69) is 36.3 Å². The topological polar surface area (TPSA) is 107 Å². The summed E-state index contributed by atoms with van der Waals surface area (Å²) in [6, 6.07) is 5.36. The van der Waals surface area contributed by atoms with Crippen molar-refractivity contribution in [3.05, 3.63) is 59.7 Å². The maximum Gasteiger partial charge on any atom is 0.207 e. The third-order valence-corrected chi connectivity index (χ3v) is 6.26. The highest BCUT2D eigenvalue weighted by Crippen LogP contribution is 2.30. The first-order valence-corrected chi connectivity index (χ1v) is 12.7. The Morgan fingerprint density at radius 2 is 2.09 bits per heavy atom. The van der Waals surface area contributed by atoms with Crippen molar-refractivity contribution in [1.82, 2.24) is 5.32 Å². The fourth-order valence-electron chi connectivity index (χ4n) is 4.07. The van der Waals surface area contributed by atoms with Crippen molar-refractivity contribution < 1.29 is 24.8 Å². The fourth-order valence-corrected chi connectivity index (χ4v) is 4.07. The number of aromatic hydroxyl groups is 1. The number of nitrogens with one attached hydrogen (secondary N) is 1. The predicted molar refractivity (Wildman–Crippen MR) is 139 cm³/mol. The SMILES string of the molecule is CCCCC1C=C[C-](CCc2ccc(O)c(OC[C@H](O)C3=C[C+]([C@H](C)CNC[C@H](C)O)C=N3)c2)[OH+]1. The number of ether oxygens (including phenoxy) is 2. The van der Waals surface area contributed by atoms with Crippen LogP contribution in [0.5, 0.6) is 11.5 Å². The zero-order valence-electron chi connectivity index (χ0n) is 21.2. The van der Waals surface area contributed by atoms with Gasteiger partial charge in [-0.1, -0.05) is 19.4 Å². The Morgan fingerprint density at radius 1 is 1.26 bits per heavy atom. The molecule has 0 aromatic heterocycles. The van der Waals surface area contributed by atoms with Gasteiger partial charge in [-0.25, -0.2) is 0 Å². The molecule has 0 aliphatic carbocycles. The van der Waals surface area contributed by atoms with Crippen LogP contribution >= 0.6 is 0 Å². The highest BCUT2D eigenvalue weighted by molar-refractivity contribution is 5.83. The molecule has 192 valence electrons. The molecule has 1 aromatic carbocycles. The molecule has 7 heteroatoms. The second kappa shape index (κ2) is 13.6. The number of hydrogen-bond donors (Lipinski definition) is 4. The molecule has 2 heterocycles. The maximum absolute atomic E-state index is 10.6. The van der Waals surface area contributed by atoms with E-state index in [1.807, 2.05) is 18.2 Å². The van der Waals surface area contributed by atoms with Crippen LogP contribution in [0.4, 0.5) is 0 Å². The Balaban J connectivity index is 1.45. The molecule has 3 rings (SSSR count). The summed E-state index contributed by atoms with van der Waals surface area (Å²) in [5, 5.41) is 33.4. The molecule has 0 amide bonds. The molecule has 1 unspecified atom stereocenters. The molecule has 0 spiro atoms. The van der Waals surface area contributed by atoms with Crippen LogP contribution in [0.3, 0.4) is 0 Å². The van der Waals surface area contributed by atoms with E-state index in [4.69, 9.17) is 9.47 Å². The van der Waals surface area contributed by atoms with E-state index in [9.17, 15) is 15.3 Å². The van der Waals surface area contributed by atoms with Crippen LogP contribution in [0.2, 0.25) is 0 Å². The quantitative estimate of drug-likeness (QED) is 0.225. The summed E-state index contributed by atoms with van der Waals surface area (Å²) in [5.74, 6) is 1.62. The minimum atomic E-state index is -0.900. The minimum Gasteiger partial charge on any atom is -0.504 e. The smallest absolute Gasteiger partial charge is 0.207 e. The van der Waals surface area contributed by atoms with Crippen molar-refractivity contribution in [2.24, 2.45) is 10.9 Å². The molecule has 35 heavy (non-hydrogen) atoms. The van der Waals surface area contributed by atoms with Gasteiger partial charge in [-0.3, -0.25) is 0 Å². The first-order valence-electron chi connectivity index (χ1n) is 12.7. The third-order valence-electron chi connectivity index (χ3n) is 6.26. The number of nitrogens with zero attached hydrogens (tertiary/aromatic N) is 1. The number of unbranched alkanes of at least 4 members (excludes halogenated alkanes) is 1. The van der Waals surface area contributed by atoms with Crippen molar-refractivity contribution in [2.75, 3.05) is 19.7 Å². The Morgan fingerprint density at radius 3 is 2.86 bits per heavy atom. The number of phenols is 1. The van der Waals surface area contributed by atoms with Gasteiger partial charge in [0.2, 0.25) is 5.70 Å². The van der Waals surface area contributed by atoms with Crippen molar-refractivity contribution in [3.8, 4) is 11.5 Å². The van der Waals surface area contributed by atoms with Crippen LogP contribution in [-0.2, 0) is 6.42 Å². The van der Waals surface area contributed by atoms with Crippen LogP contribution in [0, 0.1) is 17.9 Å². The molecule has 0 bridgehead atoms. The third kappa shape index (κ3) is 8.61. The number of allylic oxidation sites excluding steroid dienone is 1. The maximum atomic E-state index is 10.6. The zero-order valence-corrected chi connectivity index (χ0v) is 21.2. The minimum absolute atomic E-state index is 0.00329. The predicted octanol–water partition coefficient (Wildman–Crippen LogP) is 3.40. The molecule has 0 saturated heterocycles. The van der Waals surface area contributed by atoms with Gasteiger partial charge in [0.15, 0.2) is 17.6 Å². The molecule has 1 aromatic rings. The Kier molecular flexibility index (Phi) is 10.5. The Labute approximate surface area is 209 Å². The van der Waals surface area contributed by atoms with E-state index in [1.165, 1.54) is 12.8 Å². The number of rotatable bonds is 15. The fraction of sp³-hybridized carbons (Fsp3) is 0.536. The summed E-state index contributed by atoms with van der Waals surface area (Å²) >= 11 is 0. The summed E-state index contributed by atoms with van der Waals surface area (Å²) in [7, 11) is 0. The first kappa shape index (κ1) is 27.1. The number of benzene rings is 1. The molecular formula is C28H41N2O5+. The largest absolute Gasteiger partial charge is 0.504 e. The Bertz CT molecular complexity index is 882. The first-order chi connectivity index (χ1) is 16.9. The van der Waals surface area contributed by atoms with Gasteiger partial charge < -0.3 is 30.1 Å². The van der Waals surface area contributed by atoms with E-state index in [0.29, 0.717) is 30.6 Å². The number of aliphatic hydroxyl groups is 4. The van der Waals surface area contributed by atoms with E-state index >= 15 is 0 Å². The number of hydrogen-bond acceptors (Lipinski definition) is 6. The second-order valence-corrected chi connectivity index (χ2v) is 9.55. The van der Waals surface area contributed by atoms with E-state index in [0.717, 1.165) is 36.8 Å². The van der Waals surface area contributed by atoms with Crippen LogP contribution in [-0.4, -0.2) is 64.3 Å². The molecule has 7 nitrogen and oxygen atoms in total. The van der Waals surface area contributed by atoms with Gasteiger partial charge in [-0.05, 0) is 50.8 Å². The van der Waals surface area contributed by atoms with Crippen molar-refractivity contribution in [2.45, 2.75) is 71.2 Å². The standard InChI is InChI=1S/C28H40N2O5/c1-4-5-6-23-10-11-24(35-23)9-7-21-8-12-26(32)28(13-21)34-18-27(33)25-14-22(17-30-25)19(2)15-29-16-20(3)31/h8,10-14,17,19-20,23,27,29,31,33,35H,4-7,9,15-16,18H2,1-3H3/p+1/t19-,20+,23?,27+/m1/s1. The van der Waals surface area contributed by atoms with Crippen LogP contribution in [0.15, 0.2) is 47.1 Å². The summed E-state index contributed by atoms with van der Waals surface area (Å²) in [6.45, 7) is 7.26. The number of phenolic OH excluding ortho intramolecular Hbond substituents is 1. The summed E-state index contributed by atoms with van der Waals surface area (Å²) in [5.41, 5.74) is 1.59. The summed E-state index contributed by atoms with van der Waals surface area (Å²) in [6.07, 6.45) is 13.2. The van der Waals surface area contributed by atoms with Gasteiger partial charge in [0.25, 0.3) is 0 Å². The van der Waals surface area contributed by atoms with E-state index in [-0.39, 0.29) is 24.4 Å². The lowest BCUT2D eigenvalue weighted by atomic mass is 9.95. The van der Waals surface area contributed by atoms with Crippen molar-refractivity contribution in [1.29, 1.82) is 0 Å². The van der Waals surface area contributed by atoms with Crippen LogP contribution in [0.1, 0.15) is 52.0 Å². The molecule has 0 fully saturated rings. The highest BCUT2D eigenvalue weighted by Gasteiger charge is 2.31. The van der Waals surface area contributed by atoms with Crippen LogP contribution in [0.25, 0.3) is 0 Å². The molecule has 0 saturated carbocycles. The lowest BCUT2D eigenvalue weighted by Gasteiger charge is -2.17. The summed E-state index contributed by atoms with van der Waals surface area (Å²) < 4.78 is 10.5. The molecule has 2 aliphatic heterocycles. The average molecular weight is 486 g/mol. The Hall–Kier alpha value is -2.45. The molecular weight excluding hydrogens is 444 g/mol. The van der Waals surface area contributed by atoms with E-state index in [1.54, 1.807) is 19.2 Å². The number of aliphatic imine (C=N–C) groups is 1. The lowest BCUT2D eigenvalue weighted by molar-refractivity contribution is -0.0480. The molecule has 2 aliphatic rings. The van der Waals surface area contributed by atoms with Gasteiger partial charge in [-0.15, -0.1) is 17.1 Å². The van der Waals surface area contributed by atoms with Gasteiger partial charge in [0.05, 0.1) is 18.1 Å². The van der Waals surface area contributed by atoms with E-state index < -0.39 is 6.10 Å². The number of aryl methyl sites for hydroxylation is 1. The van der Waals surface area contributed by atoms with Gasteiger partial charge in [-0.2, -0.15) is 0 Å². The van der Waals surface area contributed by atoms with Gasteiger partial charge >= 0.3 is 0 Å². The van der Waals surface area contributed by atoms with Gasteiger partial charge in [0.1, 0.15) is 30.9 Å². The summed E-state index contributed by atoms with van der Waals surface area (Å²) in [4.78, 5) is 4.34. The highest BCUT2D eigenvalue weighted by atomic mass is 16.5. The normalized spacial score (nSPS) is 19.8. The van der Waals surface area contributed by atoms with Crippen LogP contribution < -0.4 is 10.1 Å². The van der Waals surface area contributed by atoms with Gasteiger partial charge in [0, 0.05) is 19.5 Å². The lowest BCUT2D eigenvalue weighted by Crippen LogP contribution is -2.30. The van der Waals surface area contributed by atoms with Crippen molar-refractivity contribution in [3.63, 3.8) is 0 Å². The monoisotopic (exact) mass is 485 g/mol. The van der Waals surface area contributed by atoms with Crippen molar-refractivity contribution >= 4 is 6.21 Å². The molecule has 0 radical (unpaired) electrons. The second-order valence-electron chi connectivity index (χ2n) is 9.55. The molecule has 4 atom stereocenters.